The Balaban J connectivity index is 2.16. The summed E-state index contributed by atoms with van der Waals surface area (Å²) in [5.41, 5.74) is 0.114. The first-order valence-electron chi connectivity index (χ1n) is 6.51. The van der Waals surface area contributed by atoms with Gasteiger partial charge < -0.3 is 0 Å². The molecule has 1 heterocycles. The summed E-state index contributed by atoms with van der Waals surface area (Å²) in [7, 11) is 0. The number of nitrogens with zero attached hydrogens (tertiary/aromatic N) is 1. The fourth-order valence-electron chi connectivity index (χ4n) is 2.67. The third kappa shape index (κ3) is 2.60. The van der Waals surface area contributed by atoms with Gasteiger partial charge in [-0.05, 0) is 30.7 Å². The molecule has 0 unspecified atom stereocenters. The average Bonchev–Trinajstić information content (AvgIpc) is 2.35. The van der Waals surface area contributed by atoms with Crippen LogP contribution in [0, 0.1) is 22.0 Å². The minimum atomic E-state index is -0.351. The molecule has 3 atom stereocenters. The minimum Gasteiger partial charge on any atom is -0.266 e. The van der Waals surface area contributed by atoms with E-state index in [0.717, 1.165) is 6.42 Å². The van der Waals surface area contributed by atoms with Crippen LogP contribution in [0.25, 0.3) is 0 Å². The van der Waals surface area contributed by atoms with Gasteiger partial charge in [0, 0.05) is 6.07 Å². The third-order valence-corrected chi connectivity index (χ3v) is 4.07. The number of nitro groups is 1. The highest BCUT2D eigenvalue weighted by atomic mass is 16.6. The molecule has 18 heavy (non-hydrogen) atoms. The summed E-state index contributed by atoms with van der Waals surface area (Å²) in [4.78, 5) is 13.6. The number of rotatable bonds is 3. The fraction of sp³-hybridized carbons (Fsp3) is 0.615. The van der Waals surface area contributed by atoms with Crippen LogP contribution in [0.4, 0.5) is 11.5 Å². The van der Waals surface area contributed by atoms with Crippen molar-refractivity contribution in [3.63, 3.8) is 0 Å². The Morgan fingerprint density at radius 2 is 2.22 bits per heavy atom. The minimum absolute atomic E-state index is 0.114. The van der Waals surface area contributed by atoms with Crippen molar-refractivity contribution in [1.29, 1.82) is 0 Å². The number of aromatic nitrogens is 1. The fourth-order valence-corrected chi connectivity index (χ4v) is 2.67. The lowest BCUT2D eigenvalue weighted by Crippen LogP contribution is -2.36. The molecule has 0 aromatic carbocycles. The topological polar surface area (TPSA) is 69.3 Å². The molecule has 0 bridgehead atoms. The Kier molecular flexibility index (Phi) is 3.79. The SMILES string of the molecule is C[C@H]1[C@@H](Nc2[nH+]cccc2[N+](=O)[O-])CCC[C@@H]1C. The van der Waals surface area contributed by atoms with Crippen LogP contribution >= 0.6 is 0 Å². The van der Waals surface area contributed by atoms with E-state index < -0.39 is 0 Å². The van der Waals surface area contributed by atoms with Crippen molar-refractivity contribution in [1.82, 2.24) is 0 Å². The molecule has 0 radical (unpaired) electrons. The molecule has 1 aliphatic carbocycles. The molecule has 0 spiro atoms. The summed E-state index contributed by atoms with van der Waals surface area (Å²) in [6.07, 6.45) is 5.22. The van der Waals surface area contributed by atoms with E-state index >= 15 is 0 Å². The van der Waals surface area contributed by atoms with E-state index in [4.69, 9.17) is 0 Å². The number of hydrogen-bond acceptors (Lipinski definition) is 3. The summed E-state index contributed by atoms with van der Waals surface area (Å²) in [5, 5.41) is 14.3. The predicted molar refractivity (Wildman–Crippen MR) is 69.2 cm³/mol. The number of pyridine rings is 1. The highest BCUT2D eigenvalue weighted by Gasteiger charge is 2.32. The molecule has 5 nitrogen and oxygen atoms in total. The number of anilines is 1. The monoisotopic (exact) mass is 250 g/mol. The quantitative estimate of drug-likeness (QED) is 0.662. The van der Waals surface area contributed by atoms with Gasteiger partial charge >= 0.3 is 11.5 Å². The average molecular weight is 250 g/mol. The molecule has 2 rings (SSSR count). The van der Waals surface area contributed by atoms with Crippen molar-refractivity contribution in [3.8, 4) is 0 Å². The van der Waals surface area contributed by atoms with Crippen molar-refractivity contribution in [2.24, 2.45) is 11.8 Å². The maximum atomic E-state index is 11.0. The van der Waals surface area contributed by atoms with Gasteiger partial charge in [0.2, 0.25) is 0 Å². The van der Waals surface area contributed by atoms with Crippen molar-refractivity contribution < 1.29 is 9.91 Å². The van der Waals surface area contributed by atoms with Crippen LogP contribution in [0.3, 0.4) is 0 Å². The lowest BCUT2D eigenvalue weighted by atomic mass is 9.78. The Bertz CT molecular complexity index is 436. The molecule has 1 fully saturated rings. The van der Waals surface area contributed by atoms with Gasteiger partial charge in [-0.15, -0.1) is 0 Å². The van der Waals surface area contributed by atoms with Gasteiger partial charge in [0.1, 0.15) is 0 Å². The zero-order valence-electron chi connectivity index (χ0n) is 10.8. The highest BCUT2D eigenvalue weighted by molar-refractivity contribution is 5.51. The van der Waals surface area contributed by atoms with Crippen LogP contribution in [0.5, 0.6) is 0 Å². The zero-order chi connectivity index (χ0) is 13.1. The first kappa shape index (κ1) is 12.8. The molecule has 1 aromatic rings. The first-order valence-corrected chi connectivity index (χ1v) is 6.51. The van der Waals surface area contributed by atoms with Gasteiger partial charge in [0.25, 0.3) is 0 Å². The van der Waals surface area contributed by atoms with Gasteiger partial charge in [-0.25, -0.2) is 4.98 Å². The van der Waals surface area contributed by atoms with E-state index in [1.165, 1.54) is 18.9 Å². The van der Waals surface area contributed by atoms with Gasteiger partial charge in [0.05, 0.1) is 17.2 Å². The molecule has 98 valence electrons. The van der Waals surface area contributed by atoms with Crippen LogP contribution in [0.2, 0.25) is 0 Å². The van der Waals surface area contributed by atoms with E-state index in [-0.39, 0.29) is 10.6 Å². The van der Waals surface area contributed by atoms with Gasteiger partial charge in [-0.2, -0.15) is 0 Å². The van der Waals surface area contributed by atoms with Crippen LogP contribution in [-0.4, -0.2) is 11.0 Å². The number of nitrogens with one attached hydrogen (secondary N) is 2. The molecule has 1 saturated carbocycles. The zero-order valence-corrected chi connectivity index (χ0v) is 10.8. The predicted octanol–water partition coefficient (Wildman–Crippen LogP) is 2.65. The molecular formula is C13H20N3O2+. The largest absolute Gasteiger partial charge is 0.357 e. The second-order valence-corrected chi connectivity index (χ2v) is 5.21. The lowest BCUT2D eigenvalue weighted by molar-refractivity contribution is -0.410. The second kappa shape index (κ2) is 5.33. The molecular weight excluding hydrogens is 230 g/mol. The maximum Gasteiger partial charge on any atom is 0.357 e. The molecule has 1 aliphatic rings. The summed E-state index contributed by atoms with van der Waals surface area (Å²) in [6, 6.07) is 3.48. The van der Waals surface area contributed by atoms with E-state index in [2.05, 4.69) is 24.1 Å². The lowest BCUT2D eigenvalue weighted by Gasteiger charge is -2.31. The van der Waals surface area contributed by atoms with E-state index in [1.54, 1.807) is 12.3 Å². The van der Waals surface area contributed by atoms with Gasteiger partial charge in [-0.1, -0.05) is 20.3 Å². The standard InChI is InChI=1S/C13H19N3O2/c1-9-5-3-6-11(10(9)2)15-13-12(16(17)18)7-4-8-14-13/h4,7-11H,3,5-6H2,1-2H3,(H,14,15)/p+1/t9-,10+,11-/m0/s1. The molecule has 0 amide bonds. The van der Waals surface area contributed by atoms with Crippen molar-refractivity contribution >= 4 is 11.5 Å². The third-order valence-electron chi connectivity index (χ3n) is 4.07. The summed E-state index contributed by atoms with van der Waals surface area (Å²) < 4.78 is 0. The Morgan fingerprint density at radius 1 is 1.44 bits per heavy atom. The van der Waals surface area contributed by atoms with E-state index in [9.17, 15) is 10.1 Å². The molecule has 5 heteroatoms. The maximum absolute atomic E-state index is 11.0. The normalized spacial score (nSPS) is 27.8. The Morgan fingerprint density at radius 3 is 2.94 bits per heavy atom. The molecule has 0 saturated heterocycles. The van der Waals surface area contributed by atoms with E-state index in [0.29, 0.717) is 23.7 Å². The summed E-state index contributed by atoms with van der Waals surface area (Å²) >= 11 is 0. The Hall–Kier alpha value is -1.65. The summed E-state index contributed by atoms with van der Waals surface area (Å²) in [5.74, 6) is 1.72. The second-order valence-electron chi connectivity index (χ2n) is 5.21. The van der Waals surface area contributed by atoms with Gasteiger partial charge in [-0.3, -0.25) is 15.4 Å². The van der Waals surface area contributed by atoms with Crippen LogP contribution in [0.1, 0.15) is 33.1 Å². The van der Waals surface area contributed by atoms with Crippen LogP contribution in [-0.2, 0) is 0 Å². The van der Waals surface area contributed by atoms with Gasteiger partial charge in [0.15, 0.2) is 0 Å². The van der Waals surface area contributed by atoms with Crippen LogP contribution in [0.15, 0.2) is 18.3 Å². The van der Waals surface area contributed by atoms with Crippen molar-refractivity contribution in [2.75, 3.05) is 5.32 Å². The number of H-pyrrole nitrogens is 1. The summed E-state index contributed by atoms with van der Waals surface area (Å²) in [6.45, 7) is 4.47. The van der Waals surface area contributed by atoms with Crippen molar-refractivity contribution in [2.45, 2.75) is 39.2 Å². The number of hydrogen-bond donors (Lipinski definition) is 1. The first-order chi connectivity index (χ1) is 8.59. The molecule has 0 aliphatic heterocycles. The number of aromatic amines is 1. The Labute approximate surface area is 107 Å². The van der Waals surface area contributed by atoms with E-state index in [1.807, 2.05) is 0 Å². The molecule has 2 N–H and O–H groups in total. The highest BCUT2D eigenvalue weighted by Crippen LogP contribution is 2.32. The van der Waals surface area contributed by atoms with Crippen LogP contribution < -0.4 is 10.3 Å². The molecule has 1 aromatic heterocycles. The van der Waals surface area contributed by atoms with Crippen molar-refractivity contribution in [3.05, 3.63) is 28.4 Å². The smallest absolute Gasteiger partial charge is 0.266 e.